The van der Waals surface area contributed by atoms with E-state index in [-0.39, 0.29) is 36.1 Å². The van der Waals surface area contributed by atoms with E-state index in [2.05, 4.69) is 0 Å². The maximum atomic E-state index is 13.8. The molecule has 1 heterocycles. The van der Waals surface area contributed by atoms with E-state index in [1.165, 1.54) is 17.9 Å². The molecule has 2 rings (SSSR count). The van der Waals surface area contributed by atoms with Crippen molar-refractivity contribution in [2.24, 2.45) is 5.92 Å². The molecular weight excluding hydrogens is 351 g/mol. The summed E-state index contributed by atoms with van der Waals surface area (Å²) < 4.78 is 13.8. The lowest BCUT2D eigenvalue weighted by Gasteiger charge is -2.29. The molecule has 0 bridgehead atoms. The van der Waals surface area contributed by atoms with Gasteiger partial charge in [-0.15, -0.1) is 0 Å². The van der Waals surface area contributed by atoms with Crippen LogP contribution in [-0.4, -0.2) is 58.4 Å². The predicted octanol–water partition coefficient (Wildman–Crippen LogP) is 2.32. The summed E-state index contributed by atoms with van der Waals surface area (Å²) in [5.74, 6) is -2.00. The van der Waals surface area contributed by atoms with E-state index in [9.17, 15) is 18.8 Å². The van der Waals surface area contributed by atoms with Crippen LogP contribution in [-0.2, 0) is 20.8 Å². The van der Waals surface area contributed by atoms with Crippen molar-refractivity contribution in [1.82, 2.24) is 9.80 Å². The Morgan fingerprint density at radius 1 is 1.26 bits per heavy atom. The molecule has 27 heavy (non-hydrogen) atoms. The summed E-state index contributed by atoms with van der Waals surface area (Å²) in [7, 11) is 0. The molecule has 1 aromatic carbocycles. The monoisotopic (exact) mass is 378 g/mol. The Morgan fingerprint density at radius 2 is 1.96 bits per heavy atom. The number of nitrogens with zero attached hydrogens (tertiary/aromatic N) is 2. The largest absolute Gasteiger partial charge is 0.480 e. The molecule has 1 saturated heterocycles. The van der Waals surface area contributed by atoms with Crippen molar-refractivity contribution in [2.75, 3.05) is 19.6 Å². The molecule has 0 radical (unpaired) electrons. The minimum Gasteiger partial charge on any atom is -0.480 e. The molecule has 0 spiro atoms. The Bertz CT molecular complexity index is 694. The summed E-state index contributed by atoms with van der Waals surface area (Å²) in [6.45, 7) is 3.87. The molecule has 0 aromatic heterocycles. The second-order valence-electron chi connectivity index (χ2n) is 7.15. The van der Waals surface area contributed by atoms with Crippen LogP contribution in [0.5, 0.6) is 0 Å². The van der Waals surface area contributed by atoms with Crippen LogP contribution in [0.3, 0.4) is 0 Å². The summed E-state index contributed by atoms with van der Waals surface area (Å²) in [5, 5.41) is 9.02. The molecule has 0 unspecified atom stereocenters. The van der Waals surface area contributed by atoms with Crippen LogP contribution in [0.4, 0.5) is 4.39 Å². The number of benzene rings is 1. The van der Waals surface area contributed by atoms with Gasteiger partial charge >= 0.3 is 5.97 Å². The third-order valence-electron chi connectivity index (χ3n) is 5.07. The molecule has 1 aliphatic rings. The summed E-state index contributed by atoms with van der Waals surface area (Å²) in [4.78, 5) is 38.7. The van der Waals surface area contributed by atoms with Crippen molar-refractivity contribution in [1.29, 1.82) is 0 Å². The van der Waals surface area contributed by atoms with Gasteiger partial charge in [-0.05, 0) is 37.3 Å². The number of halogens is 1. The lowest BCUT2D eigenvalue weighted by atomic mass is 9.99. The first kappa shape index (κ1) is 20.9. The highest BCUT2D eigenvalue weighted by atomic mass is 19.1. The molecule has 1 N–H and O–H groups in total. The molecule has 1 aromatic rings. The third kappa shape index (κ3) is 5.77. The number of amides is 2. The normalized spacial score (nSPS) is 18.5. The number of carbonyl (C=O) groups excluding carboxylic acids is 2. The van der Waals surface area contributed by atoms with Gasteiger partial charge in [-0.25, -0.2) is 4.39 Å². The highest BCUT2D eigenvalue weighted by molar-refractivity contribution is 5.80. The zero-order valence-corrected chi connectivity index (χ0v) is 15.9. The van der Waals surface area contributed by atoms with Gasteiger partial charge in [0, 0.05) is 32.0 Å². The lowest BCUT2D eigenvalue weighted by molar-refractivity contribution is -0.145. The van der Waals surface area contributed by atoms with E-state index in [4.69, 9.17) is 5.11 Å². The third-order valence-corrected chi connectivity index (χ3v) is 5.07. The highest BCUT2D eigenvalue weighted by Crippen LogP contribution is 2.20. The van der Waals surface area contributed by atoms with E-state index >= 15 is 0 Å². The van der Waals surface area contributed by atoms with Crippen LogP contribution in [0.2, 0.25) is 0 Å². The maximum absolute atomic E-state index is 13.8. The molecule has 0 saturated carbocycles. The fourth-order valence-corrected chi connectivity index (χ4v) is 3.65. The summed E-state index contributed by atoms with van der Waals surface area (Å²) >= 11 is 0. The second kappa shape index (κ2) is 9.48. The van der Waals surface area contributed by atoms with E-state index < -0.39 is 5.97 Å². The van der Waals surface area contributed by atoms with Crippen molar-refractivity contribution < 1.29 is 23.9 Å². The van der Waals surface area contributed by atoms with Crippen LogP contribution < -0.4 is 0 Å². The average Bonchev–Trinajstić information content (AvgIpc) is 2.86. The number of carboxylic acid groups (broad SMARTS) is 1. The fraction of sp³-hybridized carbons (Fsp3) is 0.550. The molecule has 2 atom stereocenters. The van der Waals surface area contributed by atoms with Gasteiger partial charge in [0.2, 0.25) is 11.8 Å². The van der Waals surface area contributed by atoms with E-state index in [1.54, 1.807) is 30.0 Å². The van der Waals surface area contributed by atoms with Crippen LogP contribution >= 0.6 is 0 Å². The Hall–Kier alpha value is -2.44. The van der Waals surface area contributed by atoms with Crippen LogP contribution in [0.15, 0.2) is 24.3 Å². The topological polar surface area (TPSA) is 77.9 Å². The highest BCUT2D eigenvalue weighted by Gasteiger charge is 2.29. The molecule has 1 fully saturated rings. The molecule has 1 aliphatic heterocycles. The first-order valence-corrected chi connectivity index (χ1v) is 9.30. The van der Waals surface area contributed by atoms with Crippen molar-refractivity contribution >= 4 is 17.8 Å². The van der Waals surface area contributed by atoms with E-state index in [0.717, 1.165) is 0 Å². The number of carbonyl (C=O) groups is 3. The minimum absolute atomic E-state index is 0.0356. The quantitative estimate of drug-likeness (QED) is 0.824. The standard InChI is InChI=1S/C20H27FN2O4/c1-14(12-16-6-3-4-8-18(16)21)20(27)22-10-5-7-17(9-11-22)23(15(2)24)13-19(25)26/h3-4,6,8,14,17H,5,7,9-13H2,1-2H3,(H,25,26)/t14-,17-/m0/s1. The molecular formula is C20H27FN2O4. The van der Waals surface area contributed by atoms with Gasteiger partial charge in [-0.3, -0.25) is 14.4 Å². The number of hydrogen-bond acceptors (Lipinski definition) is 3. The van der Waals surface area contributed by atoms with Crippen molar-refractivity contribution in [3.63, 3.8) is 0 Å². The first-order chi connectivity index (χ1) is 12.8. The molecule has 7 heteroatoms. The van der Waals surface area contributed by atoms with Crippen molar-refractivity contribution in [3.05, 3.63) is 35.6 Å². The second-order valence-corrected chi connectivity index (χ2v) is 7.15. The van der Waals surface area contributed by atoms with Gasteiger partial charge in [0.1, 0.15) is 12.4 Å². The van der Waals surface area contributed by atoms with Crippen LogP contribution in [0, 0.1) is 11.7 Å². The van der Waals surface area contributed by atoms with Crippen LogP contribution in [0.25, 0.3) is 0 Å². The zero-order valence-electron chi connectivity index (χ0n) is 15.9. The first-order valence-electron chi connectivity index (χ1n) is 9.30. The van der Waals surface area contributed by atoms with E-state index in [0.29, 0.717) is 44.3 Å². The van der Waals surface area contributed by atoms with Gasteiger partial charge in [0.25, 0.3) is 0 Å². The lowest BCUT2D eigenvalue weighted by Crippen LogP contribution is -2.43. The number of hydrogen-bond donors (Lipinski definition) is 1. The van der Waals surface area contributed by atoms with Gasteiger partial charge < -0.3 is 14.9 Å². The van der Waals surface area contributed by atoms with E-state index in [1.807, 2.05) is 0 Å². The number of rotatable bonds is 6. The Kier molecular flexibility index (Phi) is 7.33. The van der Waals surface area contributed by atoms with Gasteiger partial charge in [-0.2, -0.15) is 0 Å². The Labute approximate surface area is 158 Å². The minimum atomic E-state index is -1.04. The average molecular weight is 378 g/mol. The zero-order chi connectivity index (χ0) is 20.0. The molecule has 6 nitrogen and oxygen atoms in total. The Morgan fingerprint density at radius 3 is 2.59 bits per heavy atom. The SMILES string of the molecule is CC(=O)N(CC(=O)O)[C@H]1CCCN(C(=O)[C@@H](C)Cc2ccccc2F)CC1. The molecule has 2 amide bonds. The Balaban J connectivity index is 1.98. The van der Waals surface area contributed by atoms with Crippen molar-refractivity contribution in [3.8, 4) is 0 Å². The summed E-state index contributed by atoms with van der Waals surface area (Å²) in [5.41, 5.74) is 0.523. The van der Waals surface area contributed by atoms with Gasteiger partial charge in [0.15, 0.2) is 0 Å². The predicted molar refractivity (Wildman–Crippen MR) is 98.5 cm³/mol. The fourth-order valence-electron chi connectivity index (χ4n) is 3.65. The van der Waals surface area contributed by atoms with Gasteiger partial charge in [0.05, 0.1) is 0 Å². The van der Waals surface area contributed by atoms with Crippen LogP contribution in [0.1, 0.15) is 38.7 Å². The number of carboxylic acids is 1. The summed E-state index contributed by atoms with van der Waals surface area (Å²) in [6.07, 6.45) is 2.25. The molecule has 0 aliphatic carbocycles. The smallest absolute Gasteiger partial charge is 0.323 e. The number of likely N-dealkylation sites (tertiary alicyclic amines) is 1. The molecule has 148 valence electrons. The number of aliphatic carboxylic acids is 1. The summed E-state index contributed by atoms with van der Waals surface area (Å²) in [6, 6.07) is 6.28. The van der Waals surface area contributed by atoms with Crippen molar-refractivity contribution in [2.45, 2.75) is 45.6 Å². The maximum Gasteiger partial charge on any atom is 0.323 e. The van der Waals surface area contributed by atoms with Gasteiger partial charge in [-0.1, -0.05) is 25.1 Å².